The fourth-order valence-corrected chi connectivity index (χ4v) is 2.66. The zero-order valence-corrected chi connectivity index (χ0v) is 16.9. The molecule has 2 aromatic carbocycles. The van der Waals surface area contributed by atoms with E-state index >= 15 is 0 Å². The molecule has 0 spiro atoms. The van der Waals surface area contributed by atoms with Gasteiger partial charge in [-0.3, -0.25) is 14.4 Å². The SMILES string of the molecule is CCCNC(=O)c1ccc(Cl)cc1NC(=O)CCNC(=O)c1ccc(Cl)cc1. The van der Waals surface area contributed by atoms with E-state index in [1.165, 1.54) is 6.07 Å². The van der Waals surface area contributed by atoms with Crippen molar-refractivity contribution < 1.29 is 14.4 Å². The van der Waals surface area contributed by atoms with E-state index in [1.807, 2.05) is 6.92 Å². The minimum Gasteiger partial charge on any atom is -0.352 e. The molecule has 3 N–H and O–H groups in total. The predicted octanol–water partition coefficient (Wildman–Crippen LogP) is 3.89. The highest BCUT2D eigenvalue weighted by molar-refractivity contribution is 6.31. The van der Waals surface area contributed by atoms with Crippen LogP contribution in [0.4, 0.5) is 5.69 Å². The summed E-state index contributed by atoms with van der Waals surface area (Å²) in [5, 5.41) is 9.04. The van der Waals surface area contributed by atoms with Crippen LogP contribution in [-0.2, 0) is 4.79 Å². The van der Waals surface area contributed by atoms with Crippen molar-refractivity contribution in [3.8, 4) is 0 Å². The summed E-state index contributed by atoms with van der Waals surface area (Å²) in [5.41, 5.74) is 1.11. The second-order valence-corrected chi connectivity index (χ2v) is 6.88. The highest BCUT2D eigenvalue weighted by Gasteiger charge is 2.14. The molecule has 8 heteroatoms. The van der Waals surface area contributed by atoms with Crippen LogP contribution in [-0.4, -0.2) is 30.8 Å². The average molecular weight is 422 g/mol. The molecule has 0 atom stereocenters. The van der Waals surface area contributed by atoms with E-state index < -0.39 is 0 Å². The molecular weight excluding hydrogens is 401 g/mol. The maximum atomic E-state index is 12.2. The smallest absolute Gasteiger partial charge is 0.253 e. The first-order valence-corrected chi connectivity index (χ1v) is 9.57. The van der Waals surface area contributed by atoms with Gasteiger partial charge >= 0.3 is 0 Å². The minimum atomic E-state index is -0.344. The van der Waals surface area contributed by atoms with Crippen LogP contribution in [0.1, 0.15) is 40.5 Å². The fraction of sp³-hybridized carbons (Fsp3) is 0.250. The Morgan fingerprint density at radius 1 is 0.857 bits per heavy atom. The maximum Gasteiger partial charge on any atom is 0.253 e. The van der Waals surface area contributed by atoms with Crippen molar-refractivity contribution in [3.05, 3.63) is 63.6 Å². The molecule has 0 saturated heterocycles. The van der Waals surface area contributed by atoms with Gasteiger partial charge in [0.15, 0.2) is 0 Å². The van der Waals surface area contributed by atoms with Crippen LogP contribution in [0.25, 0.3) is 0 Å². The summed E-state index contributed by atoms with van der Waals surface area (Å²) in [7, 11) is 0. The molecule has 0 bridgehead atoms. The molecular formula is C20H21Cl2N3O3. The zero-order valence-electron chi connectivity index (χ0n) is 15.4. The number of benzene rings is 2. The number of halogens is 2. The van der Waals surface area contributed by atoms with Gasteiger partial charge in [0.2, 0.25) is 5.91 Å². The molecule has 0 heterocycles. The summed E-state index contributed by atoms with van der Waals surface area (Å²) in [6.07, 6.45) is 0.843. The van der Waals surface area contributed by atoms with Crippen LogP contribution >= 0.6 is 23.2 Å². The van der Waals surface area contributed by atoms with E-state index in [0.717, 1.165) is 6.42 Å². The van der Waals surface area contributed by atoms with E-state index in [-0.39, 0.29) is 30.7 Å². The number of hydrogen-bond donors (Lipinski definition) is 3. The van der Waals surface area contributed by atoms with Gasteiger partial charge in [0.25, 0.3) is 11.8 Å². The molecule has 0 unspecified atom stereocenters. The number of hydrogen-bond acceptors (Lipinski definition) is 3. The summed E-state index contributed by atoms with van der Waals surface area (Å²) in [5.74, 6) is -0.931. The first kappa shape index (κ1) is 21.7. The van der Waals surface area contributed by atoms with E-state index in [4.69, 9.17) is 23.2 Å². The van der Waals surface area contributed by atoms with Gasteiger partial charge in [-0.1, -0.05) is 30.1 Å². The zero-order chi connectivity index (χ0) is 20.5. The number of amides is 3. The Morgan fingerprint density at radius 3 is 2.18 bits per heavy atom. The van der Waals surface area contributed by atoms with Crippen LogP contribution < -0.4 is 16.0 Å². The molecule has 3 amide bonds. The molecule has 2 aromatic rings. The molecule has 148 valence electrons. The first-order valence-electron chi connectivity index (χ1n) is 8.82. The molecule has 0 aliphatic carbocycles. The van der Waals surface area contributed by atoms with E-state index in [0.29, 0.717) is 33.4 Å². The number of rotatable bonds is 8. The van der Waals surface area contributed by atoms with Gasteiger partial charge in [0, 0.05) is 35.1 Å². The topological polar surface area (TPSA) is 87.3 Å². The Balaban J connectivity index is 1.91. The van der Waals surface area contributed by atoms with Crippen LogP contribution in [0.15, 0.2) is 42.5 Å². The third kappa shape index (κ3) is 6.55. The Hall–Kier alpha value is -2.57. The van der Waals surface area contributed by atoms with Crippen molar-refractivity contribution in [1.29, 1.82) is 0 Å². The molecule has 0 aliphatic heterocycles. The van der Waals surface area contributed by atoms with Crippen molar-refractivity contribution in [2.75, 3.05) is 18.4 Å². The summed E-state index contributed by atoms with van der Waals surface area (Å²) in [6, 6.07) is 11.1. The third-order valence-corrected chi connectivity index (χ3v) is 4.27. The van der Waals surface area contributed by atoms with Gasteiger partial charge in [-0.2, -0.15) is 0 Å². The summed E-state index contributed by atoms with van der Waals surface area (Å²) in [4.78, 5) is 36.5. The van der Waals surface area contributed by atoms with Crippen molar-refractivity contribution in [2.45, 2.75) is 19.8 Å². The Bertz CT molecular complexity index is 854. The van der Waals surface area contributed by atoms with Gasteiger partial charge in [-0.05, 0) is 48.9 Å². The van der Waals surface area contributed by atoms with Crippen molar-refractivity contribution >= 4 is 46.6 Å². The minimum absolute atomic E-state index is 0.0435. The number of nitrogens with one attached hydrogen (secondary N) is 3. The van der Waals surface area contributed by atoms with Gasteiger partial charge in [-0.25, -0.2) is 0 Å². The molecule has 0 fully saturated rings. The standard InChI is InChI=1S/C20H21Cl2N3O3/c1-2-10-23-20(28)16-8-7-15(22)12-17(16)25-18(26)9-11-24-19(27)13-3-5-14(21)6-4-13/h3-8,12H,2,9-11H2,1H3,(H,23,28)(H,24,27)(H,25,26). The average Bonchev–Trinajstić information content (AvgIpc) is 2.66. The lowest BCUT2D eigenvalue weighted by Crippen LogP contribution is -2.28. The molecule has 0 radical (unpaired) electrons. The van der Waals surface area contributed by atoms with Gasteiger partial charge in [0.1, 0.15) is 0 Å². The summed E-state index contributed by atoms with van der Waals surface area (Å²) < 4.78 is 0. The molecule has 28 heavy (non-hydrogen) atoms. The largest absolute Gasteiger partial charge is 0.352 e. The quantitative estimate of drug-likeness (QED) is 0.603. The first-order chi connectivity index (χ1) is 13.4. The summed E-state index contributed by atoms with van der Waals surface area (Å²) in [6.45, 7) is 2.62. The van der Waals surface area contributed by atoms with Gasteiger partial charge in [-0.15, -0.1) is 0 Å². The normalized spacial score (nSPS) is 10.2. The maximum absolute atomic E-state index is 12.2. The van der Waals surface area contributed by atoms with Crippen LogP contribution in [0.2, 0.25) is 10.0 Å². The Labute approximate surface area is 173 Å². The lowest BCUT2D eigenvalue weighted by molar-refractivity contribution is -0.116. The molecule has 0 saturated carbocycles. The number of carbonyl (C=O) groups is 3. The Morgan fingerprint density at radius 2 is 1.50 bits per heavy atom. The lowest BCUT2D eigenvalue weighted by atomic mass is 10.1. The van der Waals surface area contributed by atoms with Crippen LogP contribution in [0, 0.1) is 0 Å². The van der Waals surface area contributed by atoms with E-state index in [2.05, 4.69) is 16.0 Å². The van der Waals surface area contributed by atoms with Crippen LogP contribution in [0.3, 0.4) is 0 Å². The van der Waals surface area contributed by atoms with Crippen molar-refractivity contribution in [2.24, 2.45) is 0 Å². The highest BCUT2D eigenvalue weighted by Crippen LogP contribution is 2.21. The molecule has 6 nitrogen and oxygen atoms in total. The predicted molar refractivity (Wildman–Crippen MR) is 111 cm³/mol. The van der Waals surface area contributed by atoms with E-state index in [1.54, 1.807) is 36.4 Å². The lowest BCUT2D eigenvalue weighted by Gasteiger charge is -2.12. The highest BCUT2D eigenvalue weighted by atomic mass is 35.5. The van der Waals surface area contributed by atoms with Gasteiger partial charge in [0.05, 0.1) is 11.3 Å². The number of anilines is 1. The van der Waals surface area contributed by atoms with Crippen molar-refractivity contribution in [1.82, 2.24) is 10.6 Å². The molecule has 0 aliphatic rings. The number of carbonyl (C=O) groups excluding carboxylic acids is 3. The Kier molecular flexibility index (Phi) is 8.29. The molecule has 0 aromatic heterocycles. The monoisotopic (exact) mass is 421 g/mol. The molecule has 2 rings (SSSR count). The van der Waals surface area contributed by atoms with E-state index in [9.17, 15) is 14.4 Å². The van der Waals surface area contributed by atoms with Gasteiger partial charge < -0.3 is 16.0 Å². The fourth-order valence-electron chi connectivity index (χ4n) is 2.36. The van der Waals surface area contributed by atoms with Crippen molar-refractivity contribution in [3.63, 3.8) is 0 Å². The third-order valence-electron chi connectivity index (χ3n) is 3.78. The van der Waals surface area contributed by atoms with Crippen LogP contribution in [0.5, 0.6) is 0 Å². The second kappa shape index (κ2) is 10.7. The summed E-state index contributed by atoms with van der Waals surface area (Å²) >= 11 is 11.8. The second-order valence-electron chi connectivity index (χ2n) is 6.01.